The maximum Gasteiger partial charge on any atom is 0.310 e. The smallest absolute Gasteiger partial charge is 0.310 e. The molecule has 0 aliphatic heterocycles. The minimum Gasteiger partial charge on any atom is -0.481 e. The number of hydrogen-bond acceptors (Lipinski definition) is 2. The summed E-state index contributed by atoms with van der Waals surface area (Å²) >= 11 is 0. The molecule has 0 fully saturated rings. The van der Waals surface area contributed by atoms with Gasteiger partial charge in [-0.3, -0.25) is 9.59 Å². The fourth-order valence-electron chi connectivity index (χ4n) is 4.89. The van der Waals surface area contributed by atoms with Crippen molar-refractivity contribution in [2.24, 2.45) is 23.2 Å². The zero-order valence-electron chi connectivity index (χ0n) is 18.4. The van der Waals surface area contributed by atoms with Crippen molar-refractivity contribution in [2.45, 2.75) is 112 Å². The third-order valence-electron chi connectivity index (χ3n) is 6.37. The van der Waals surface area contributed by atoms with Gasteiger partial charge in [0, 0.05) is 6.42 Å². The first-order chi connectivity index (χ1) is 12.7. The molecule has 0 aromatic carbocycles. The first-order valence-corrected chi connectivity index (χ1v) is 11.1. The van der Waals surface area contributed by atoms with Crippen molar-refractivity contribution in [1.29, 1.82) is 0 Å². The molecular formula is C23H44O4. The molecule has 2 N–H and O–H groups in total. The zero-order chi connectivity index (χ0) is 20.9. The number of carboxylic acids is 2. The molecule has 0 amide bonds. The average molecular weight is 385 g/mol. The monoisotopic (exact) mass is 384 g/mol. The Hall–Kier alpha value is -1.06. The minimum atomic E-state index is -0.688. The molecule has 4 nitrogen and oxygen atoms in total. The largest absolute Gasteiger partial charge is 0.481 e. The summed E-state index contributed by atoms with van der Waals surface area (Å²) in [4.78, 5) is 22.5. The highest BCUT2D eigenvalue weighted by atomic mass is 16.4. The molecule has 160 valence electrons. The lowest BCUT2D eigenvalue weighted by molar-refractivity contribution is -0.161. The van der Waals surface area contributed by atoms with Gasteiger partial charge in [0.05, 0.1) is 5.41 Å². The van der Waals surface area contributed by atoms with E-state index in [4.69, 9.17) is 5.11 Å². The maximum absolute atomic E-state index is 12.1. The van der Waals surface area contributed by atoms with E-state index in [1.807, 2.05) is 27.7 Å². The van der Waals surface area contributed by atoms with Gasteiger partial charge in [0.25, 0.3) is 0 Å². The summed E-state index contributed by atoms with van der Waals surface area (Å²) < 4.78 is 0. The molecule has 0 saturated heterocycles. The normalized spacial score (nSPS) is 13.3. The van der Waals surface area contributed by atoms with Crippen molar-refractivity contribution in [3.8, 4) is 0 Å². The van der Waals surface area contributed by atoms with Crippen LogP contribution in [-0.4, -0.2) is 22.2 Å². The van der Waals surface area contributed by atoms with Crippen molar-refractivity contribution in [3.63, 3.8) is 0 Å². The molecule has 0 aliphatic rings. The van der Waals surface area contributed by atoms with Gasteiger partial charge in [-0.2, -0.15) is 0 Å². The summed E-state index contributed by atoms with van der Waals surface area (Å²) in [5, 5.41) is 18.5. The number of aliphatic carboxylic acids is 2. The van der Waals surface area contributed by atoms with Gasteiger partial charge in [-0.25, -0.2) is 0 Å². The second kappa shape index (κ2) is 14.0. The molecule has 1 atom stereocenters. The lowest BCUT2D eigenvalue weighted by Gasteiger charge is -2.42. The highest BCUT2D eigenvalue weighted by Crippen LogP contribution is 2.45. The predicted octanol–water partition coefficient (Wildman–Crippen LogP) is 6.77. The fraction of sp³-hybridized carbons (Fsp3) is 0.913. The van der Waals surface area contributed by atoms with E-state index in [-0.39, 0.29) is 17.8 Å². The van der Waals surface area contributed by atoms with Crippen LogP contribution in [0.15, 0.2) is 0 Å². The standard InChI is InChI=1S/C23H44O4/c1-18(2)23(19(3)4,22(26)27)20(5)16-14-12-10-8-6-7-9-11-13-15-17-21(24)25/h18-20H,6-17H2,1-5H3,(H,24,25)(H,26,27). The van der Waals surface area contributed by atoms with Crippen LogP contribution >= 0.6 is 0 Å². The van der Waals surface area contributed by atoms with E-state index in [0.29, 0.717) is 6.42 Å². The van der Waals surface area contributed by atoms with Gasteiger partial charge in [0.1, 0.15) is 0 Å². The van der Waals surface area contributed by atoms with Gasteiger partial charge in [-0.05, 0) is 30.6 Å². The van der Waals surface area contributed by atoms with Crippen LogP contribution in [0.1, 0.15) is 112 Å². The van der Waals surface area contributed by atoms with Crippen LogP contribution in [0.2, 0.25) is 0 Å². The summed E-state index contributed by atoms with van der Waals surface area (Å²) in [6.07, 6.45) is 12.8. The van der Waals surface area contributed by atoms with Crippen LogP contribution in [0.25, 0.3) is 0 Å². The lowest BCUT2D eigenvalue weighted by Crippen LogP contribution is -2.46. The third kappa shape index (κ3) is 9.12. The average Bonchev–Trinajstić information content (AvgIpc) is 2.55. The van der Waals surface area contributed by atoms with Gasteiger partial charge in [-0.1, -0.05) is 92.4 Å². The molecule has 0 radical (unpaired) electrons. The van der Waals surface area contributed by atoms with Gasteiger partial charge in [-0.15, -0.1) is 0 Å². The Morgan fingerprint density at radius 2 is 1.04 bits per heavy atom. The summed E-state index contributed by atoms with van der Waals surface area (Å²) in [6.45, 7) is 10.3. The molecule has 27 heavy (non-hydrogen) atoms. The first-order valence-electron chi connectivity index (χ1n) is 11.1. The topological polar surface area (TPSA) is 74.6 Å². The lowest BCUT2D eigenvalue weighted by atomic mass is 9.60. The number of unbranched alkanes of at least 4 members (excludes halogenated alkanes) is 9. The van der Waals surface area contributed by atoms with Crippen LogP contribution < -0.4 is 0 Å². The van der Waals surface area contributed by atoms with E-state index in [0.717, 1.165) is 32.1 Å². The van der Waals surface area contributed by atoms with Gasteiger partial charge < -0.3 is 10.2 Å². The Balaban J connectivity index is 3.88. The Kier molecular flexibility index (Phi) is 13.5. The van der Waals surface area contributed by atoms with E-state index in [1.165, 1.54) is 38.5 Å². The second-order valence-electron chi connectivity index (χ2n) is 8.92. The van der Waals surface area contributed by atoms with Gasteiger partial charge >= 0.3 is 11.9 Å². The molecule has 1 unspecified atom stereocenters. The highest BCUT2D eigenvalue weighted by molar-refractivity contribution is 5.75. The van der Waals surface area contributed by atoms with Crippen LogP contribution in [0.5, 0.6) is 0 Å². The van der Waals surface area contributed by atoms with Crippen LogP contribution in [-0.2, 0) is 9.59 Å². The number of carbonyl (C=O) groups is 2. The quantitative estimate of drug-likeness (QED) is 0.271. The third-order valence-corrected chi connectivity index (χ3v) is 6.37. The molecule has 0 bridgehead atoms. The molecule has 0 aromatic heterocycles. The first kappa shape index (κ1) is 25.9. The molecule has 4 heteroatoms. The van der Waals surface area contributed by atoms with E-state index < -0.39 is 17.4 Å². The van der Waals surface area contributed by atoms with Crippen LogP contribution in [0.3, 0.4) is 0 Å². The second-order valence-corrected chi connectivity index (χ2v) is 8.92. The van der Waals surface area contributed by atoms with Crippen molar-refractivity contribution < 1.29 is 19.8 Å². The van der Waals surface area contributed by atoms with Crippen molar-refractivity contribution >= 4 is 11.9 Å². The van der Waals surface area contributed by atoms with Crippen molar-refractivity contribution in [1.82, 2.24) is 0 Å². The van der Waals surface area contributed by atoms with Crippen molar-refractivity contribution in [3.05, 3.63) is 0 Å². The van der Waals surface area contributed by atoms with Crippen molar-refractivity contribution in [2.75, 3.05) is 0 Å². The Bertz CT molecular complexity index is 407. The summed E-state index contributed by atoms with van der Waals surface area (Å²) in [7, 11) is 0. The number of rotatable bonds is 17. The zero-order valence-corrected chi connectivity index (χ0v) is 18.4. The van der Waals surface area contributed by atoms with Gasteiger partial charge in [0.15, 0.2) is 0 Å². The summed E-state index contributed by atoms with van der Waals surface area (Å²) in [6, 6.07) is 0. The SMILES string of the molecule is CC(C)C(C(=O)O)(C(C)C)C(C)CCCCCCCCCCCCC(=O)O. The summed E-state index contributed by atoms with van der Waals surface area (Å²) in [5.41, 5.74) is -0.624. The Morgan fingerprint density at radius 3 is 1.37 bits per heavy atom. The predicted molar refractivity (Wildman–Crippen MR) is 112 cm³/mol. The molecule has 0 saturated carbocycles. The fourth-order valence-corrected chi connectivity index (χ4v) is 4.89. The molecule has 0 rings (SSSR count). The maximum atomic E-state index is 12.1. The van der Waals surface area contributed by atoms with Crippen LogP contribution in [0.4, 0.5) is 0 Å². The van der Waals surface area contributed by atoms with E-state index in [2.05, 4.69) is 6.92 Å². The van der Waals surface area contributed by atoms with E-state index in [9.17, 15) is 14.7 Å². The Morgan fingerprint density at radius 1 is 0.667 bits per heavy atom. The van der Waals surface area contributed by atoms with Crippen LogP contribution in [0, 0.1) is 23.2 Å². The number of carboxylic acid groups (broad SMARTS) is 2. The Labute approximate surface area is 167 Å². The molecule has 0 aliphatic carbocycles. The molecule has 0 heterocycles. The van der Waals surface area contributed by atoms with Gasteiger partial charge in [0.2, 0.25) is 0 Å². The molecule has 0 aromatic rings. The molecular weight excluding hydrogens is 340 g/mol. The highest BCUT2D eigenvalue weighted by Gasteiger charge is 2.48. The molecule has 0 spiro atoms. The number of hydrogen-bond donors (Lipinski definition) is 2. The minimum absolute atomic E-state index is 0.139. The van der Waals surface area contributed by atoms with E-state index in [1.54, 1.807) is 0 Å². The summed E-state index contributed by atoms with van der Waals surface area (Å²) in [5.74, 6) is -0.850. The van der Waals surface area contributed by atoms with E-state index >= 15 is 0 Å².